The molecule has 0 aliphatic rings. The molecule has 5 heteroatoms. The van der Waals surface area contributed by atoms with Crippen LogP contribution in [-0.4, -0.2) is 61.5 Å². The number of nitrogens with one attached hydrogen (secondary N) is 1. The van der Waals surface area contributed by atoms with Crippen molar-refractivity contribution < 1.29 is 4.79 Å². The number of amides is 1. The number of carbonyl (C=O) groups excluding carboxylic acids is 1. The van der Waals surface area contributed by atoms with E-state index < -0.39 is 0 Å². The number of hydrogen-bond donors (Lipinski definition) is 1. The van der Waals surface area contributed by atoms with Gasteiger partial charge >= 0.3 is 0 Å². The maximum Gasteiger partial charge on any atom is 0.254 e. The van der Waals surface area contributed by atoms with Gasteiger partial charge in [-0.2, -0.15) is 0 Å². The second-order valence-corrected chi connectivity index (χ2v) is 4.94. The van der Waals surface area contributed by atoms with Crippen molar-refractivity contribution in [2.24, 2.45) is 0 Å². The Morgan fingerprint density at radius 2 is 2.00 bits per heavy atom. The number of rotatable bonds is 5. The van der Waals surface area contributed by atoms with E-state index in [9.17, 15) is 4.79 Å². The summed E-state index contributed by atoms with van der Waals surface area (Å²) in [6.07, 6.45) is 1.60. The van der Waals surface area contributed by atoms with Crippen LogP contribution in [0.5, 0.6) is 0 Å². The third-order valence-electron chi connectivity index (χ3n) is 2.45. The van der Waals surface area contributed by atoms with E-state index in [0.717, 1.165) is 12.4 Å². The maximum atomic E-state index is 11.7. The van der Waals surface area contributed by atoms with Crippen molar-refractivity contribution in [2.45, 2.75) is 13.0 Å². The fourth-order valence-electron chi connectivity index (χ4n) is 1.71. The zero-order valence-electron chi connectivity index (χ0n) is 11.8. The number of likely N-dealkylation sites (N-methyl/N-ethyl adjacent to an activating group) is 1. The van der Waals surface area contributed by atoms with E-state index in [2.05, 4.69) is 22.1 Å². The Kier molecular flexibility index (Phi) is 5.09. The van der Waals surface area contributed by atoms with Crippen LogP contribution < -0.4 is 5.32 Å². The van der Waals surface area contributed by atoms with Gasteiger partial charge in [0.2, 0.25) is 0 Å². The van der Waals surface area contributed by atoms with Crippen LogP contribution in [0.3, 0.4) is 0 Å². The van der Waals surface area contributed by atoms with Gasteiger partial charge < -0.3 is 15.1 Å². The van der Waals surface area contributed by atoms with Crippen LogP contribution in [0.4, 0.5) is 5.82 Å². The SMILES string of the molecule is CC(CN(C)C)Nc1ccc(C(=O)N(C)C)cn1. The van der Waals surface area contributed by atoms with Crippen LogP contribution in [0.25, 0.3) is 0 Å². The highest BCUT2D eigenvalue weighted by Gasteiger charge is 2.09. The molecule has 0 fully saturated rings. The standard InChI is InChI=1S/C13H22N4O/c1-10(9-16(2)3)15-12-7-6-11(8-14-12)13(18)17(4)5/h6-8,10H,9H2,1-5H3,(H,14,15). The summed E-state index contributed by atoms with van der Waals surface area (Å²) in [6, 6.07) is 3.94. The van der Waals surface area contributed by atoms with E-state index in [4.69, 9.17) is 0 Å². The van der Waals surface area contributed by atoms with Crippen molar-refractivity contribution >= 4 is 11.7 Å². The Bertz CT molecular complexity index is 386. The molecule has 5 nitrogen and oxygen atoms in total. The first-order chi connectivity index (χ1) is 8.40. The Hall–Kier alpha value is -1.62. The third kappa shape index (κ3) is 4.33. The summed E-state index contributed by atoms with van der Waals surface area (Å²) in [7, 11) is 7.52. The Balaban J connectivity index is 2.63. The summed E-state index contributed by atoms with van der Waals surface area (Å²) in [6.45, 7) is 3.03. The molecule has 1 N–H and O–H groups in total. The molecule has 0 saturated heterocycles. The van der Waals surface area contributed by atoms with Gasteiger partial charge in [0.05, 0.1) is 5.56 Å². The molecular formula is C13H22N4O. The van der Waals surface area contributed by atoms with E-state index in [1.807, 2.05) is 20.2 Å². The van der Waals surface area contributed by atoms with Crippen molar-refractivity contribution in [3.8, 4) is 0 Å². The molecule has 1 heterocycles. The molecule has 1 amide bonds. The van der Waals surface area contributed by atoms with Gasteiger partial charge in [0, 0.05) is 32.9 Å². The molecule has 0 aliphatic heterocycles. The summed E-state index contributed by atoms with van der Waals surface area (Å²) in [5.41, 5.74) is 0.603. The molecule has 0 bridgehead atoms. The van der Waals surface area contributed by atoms with Gasteiger partial charge in [-0.3, -0.25) is 4.79 Å². The Morgan fingerprint density at radius 3 is 2.44 bits per heavy atom. The van der Waals surface area contributed by atoms with E-state index in [-0.39, 0.29) is 5.91 Å². The van der Waals surface area contributed by atoms with Gasteiger partial charge in [-0.15, -0.1) is 0 Å². The van der Waals surface area contributed by atoms with Crippen LogP contribution in [0.15, 0.2) is 18.3 Å². The predicted octanol–water partition coefficient (Wildman–Crippen LogP) is 1.15. The lowest BCUT2D eigenvalue weighted by molar-refractivity contribution is 0.0827. The molecule has 0 aliphatic carbocycles. The number of nitrogens with zero attached hydrogens (tertiary/aromatic N) is 3. The summed E-state index contributed by atoms with van der Waals surface area (Å²) < 4.78 is 0. The number of pyridine rings is 1. The molecule has 1 aromatic rings. The molecule has 1 unspecified atom stereocenters. The second kappa shape index (κ2) is 6.35. The quantitative estimate of drug-likeness (QED) is 0.851. The van der Waals surface area contributed by atoms with Gasteiger partial charge in [0.15, 0.2) is 0 Å². The van der Waals surface area contributed by atoms with Crippen LogP contribution in [0, 0.1) is 0 Å². The highest BCUT2D eigenvalue weighted by atomic mass is 16.2. The van der Waals surface area contributed by atoms with Crippen LogP contribution >= 0.6 is 0 Å². The average Bonchev–Trinajstić information content (AvgIpc) is 2.27. The van der Waals surface area contributed by atoms with E-state index in [0.29, 0.717) is 11.6 Å². The number of hydrogen-bond acceptors (Lipinski definition) is 4. The summed E-state index contributed by atoms with van der Waals surface area (Å²) >= 11 is 0. The van der Waals surface area contributed by atoms with Crippen molar-refractivity contribution in [3.05, 3.63) is 23.9 Å². The lowest BCUT2D eigenvalue weighted by Crippen LogP contribution is -2.30. The molecule has 1 atom stereocenters. The summed E-state index contributed by atoms with van der Waals surface area (Å²) in [4.78, 5) is 19.6. The van der Waals surface area contributed by atoms with Gasteiger partial charge in [-0.05, 0) is 33.2 Å². The van der Waals surface area contributed by atoms with Gasteiger partial charge in [0.25, 0.3) is 5.91 Å². The minimum absolute atomic E-state index is 0.0320. The highest BCUT2D eigenvalue weighted by Crippen LogP contribution is 2.08. The van der Waals surface area contributed by atoms with Gasteiger partial charge in [-0.1, -0.05) is 0 Å². The molecule has 1 aromatic heterocycles. The van der Waals surface area contributed by atoms with Crippen molar-refractivity contribution in [1.29, 1.82) is 0 Å². The first-order valence-electron chi connectivity index (χ1n) is 5.99. The molecule has 1 rings (SSSR count). The summed E-state index contributed by atoms with van der Waals surface area (Å²) in [5.74, 6) is 0.759. The van der Waals surface area contributed by atoms with Crippen molar-refractivity contribution in [1.82, 2.24) is 14.8 Å². The lowest BCUT2D eigenvalue weighted by atomic mass is 10.2. The van der Waals surface area contributed by atoms with Crippen molar-refractivity contribution in [3.63, 3.8) is 0 Å². The zero-order chi connectivity index (χ0) is 13.7. The summed E-state index contributed by atoms with van der Waals surface area (Å²) in [5, 5.41) is 3.29. The third-order valence-corrected chi connectivity index (χ3v) is 2.45. The normalized spacial score (nSPS) is 12.3. The maximum absolute atomic E-state index is 11.7. The molecule has 100 valence electrons. The van der Waals surface area contributed by atoms with Crippen LogP contribution in [-0.2, 0) is 0 Å². The minimum atomic E-state index is -0.0320. The monoisotopic (exact) mass is 250 g/mol. The van der Waals surface area contributed by atoms with Crippen molar-refractivity contribution in [2.75, 3.05) is 40.1 Å². The molecule has 0 spiro atoms. The molecule has 0 aromatic carbocycles. The smallest absolute Gasteiger partial charge is 0.254 e. The van der Waals surface area contributed by atoms with Gasteiger partial charge in [-0.25, -0.2) is 4.98 Å². The Morgan fingerprint density at radius 1 is 1.33 bits per heavy atom. The predicted molar refractivity (Wildman–Crippen MR) is 73.9 cm³/mol. The number of aromatic nitrogens is 1. The molecule has 0 radical (unpaired) electrons. The molecule has 18 heavy (non-hydrogen) atoms. The van der Waals surface area contributed by atoms with Gasteiger partial charge in [0.1, 0.15) is 5.82 Å². The largest absolute Gasteiger partial charge is 0.366 e. The van der Waals surface area contributed by atoms with Crippen LogP contribution in [0.1, 0.15) is 17.3 Å². The van der Waals surface area contributed by atoms with Crippen LogP contribution in [0.2, 0.25) is 0 Å². The topological polar surface area (TPSA) is 48.5 Å². The minimum Gasteiger partial charge on any atom is -0.366 e. The number of carbonyl (C=O) groups is 1. The van der Waals surface area contributed by atoms with E-state index in [1.54, 1.807) is 31.3 Å². The first-order valence-corrected chi connectivity index (χ1v) is 5.99. The average molecular weight is 250 g/mol. The fraction of sp³-hybridized carbons (Fsp3) is 0.538. The Labute approximate surface area is 109 Å². The van der Waals surface area contributed by atoms with E-state index in [1.165, 1.54) is 0 Å². The first kappa shape index (κ1) is 14.4. The molecule has 0 saturated carbocycles. The number of anilines is 1. The highest BCUT2D eigenvalue weighted by molar-refractivity contribution is 5.93. The zero-order valence-corrected chi connectivity index (χ0v) is 11.8. The fourth-order valence-corrected chi connectivity index (χ4v) is 1.71. The second-order valence-electron chi connectivity index (χ2n) is 4.94. The van der Waals surface area contributed by atoms with E-state index >= 15 is 0 Å². The lowest BCUT2D eigenvalue weighted by Gasteiger charge is -2.19. The molecular weight excluding hydrogens is 228 g/mol.